The fraction of sp³-hybridized carbons (Fsp3) is 0.568. The van der Waals surface area contributed by atoms with E-state index >= 15 is 13.2 Å². The lowest BCUT2D eigenvalue weighted by Crippen LogP contribution is -2.38. The number of hydrogen-bond donors (Lipinski definition) is 0. The van der Waals surface area contributed by atoms with Gasteiger partial charge in [0, 0.05) is 12.0 Å². The maximum absolute atomic E-state index is 15.2. The standard InChI is InChI=1S/C37H45F7O2/c1-3-5-6-7-8-9-31(38)35(42)26-14-19-30(32(39)21-26)25-10-15-28(16-11-25)37(43,44)46-29-17-12-24(13-18-29)27-22-33(40)36(34(41)23-27)45-20-4-2/h4,14,19,21-25,28-29H,2-3,5-13,15-18,20H2,1H3. The molecular weight excluding hydrogens is 609 g/mol. The number of benzene rings is 2. The lowest BCUT2D eigenvalue weighted by atomic mass is 9.77. The molecule has 2 aromatic carbocycles. The van der Waals surface area contributed by atoms with Crippen LogP contribution in [-0.2, 0) is 4.74 Å². The molecule has 0 radical (unpaired) electrons. The van der Waals surface area contributed by atoms with Crippen LogP contribution in [0, 0.1) is 23.4 Å². The lowest BCUT2D eigenvalue weighted by molar-refractivity contribution is -0.300. The molecule has 46 heavy (non-hydrogen) atoms. The van der Waals surface area contributed by atoms with Crippen molar-refractivity contribution in [2.75, 3.05) is 6.61 Å². The van der Waals surface area contributed by atoms with Crippen LogP contribution in [0.25, 0.3) is 5.83 Å². The van der Waals surface area contributed by atoms with Crippen LogP contribution < -0.4 is 4.74 Å². The van der Waals surface area contributed by atoms with Gasteiger partial charge in [-0.15, -0.1) is 0 Å². The normalized spacial score (nSPS) is 22.8. The summed E-state index contributed by atoms with van der Waals surface area (Å²) in [5.74, 6) is -6.20. The highest BCUT2D eigenvalue weighted by Gasteiger charge is 2.45. The van der Waals surface area contributed by atoms with E-state index in [-0.39, 0.29) is 43.3 Å². The largest absolute Gasteiger partial charge is 0.483 e. The highest BCUT2D eigenvalue weighted by Crippen LogP contribution is 2.46. The lowest BCUT2D eigenvalue weighted by Gasteiger charge is -2.37. The second-order valence-corrected chi connectivity index (χ2v) is 12.7. The molecule has 0 heterocycles. The van der Waals surface area contributed by atoms with E-state index in [9.17, 15) is 17.6 Å². The van der Waals surface area contributed by atoms with Gasteiger partial charge in [-0.25, -0.2) is 22.0 Å². The Hall–Kier alpha value is -2.81. The Morgan fingerprint density at radius 1 is 0.826 bits per heavy atom. The van der Waals surface area contributed by atoms with Crippen molar-refractivity contribution in [2.45, 2.75) is 121 Å². The van der Waals surface area contributed by atoms with E-state index in [1.807, 2.05) is 0 Å². The first-order valence-corrected chi connectivity index (χ1v) is 16.7. The fourth-order valence-corrected chi connectivity index (χ4v) is 6.81. The summed E-state index contributed by atoms with van der Waals surface area (Å²) < 4.78 is 114. The van der Waals surface area contributed by atoms with E-state index in [0.29, 0.717) is 56.1 Å². The zero-order chi connectivity index (χ0) is 33.3. The summed E-state index contributed by atoms with van der Waals surface area (Å²) in [4.78, 5) is 0. The van der Waals surface area contributed by atoms with E-state index in [2.05, 4.69) is 13.5 Å². The van der Waals surface area contributed by atoms with Gasteiger partial charge in [0.25, 0.3) is 0 Å². The minimum absolute atomic E-state index is 0.0268. The molecule has 2 aliphatic carbocycles. The third-order valence-electron chi connectivity index (χ3n) is 9.47. The van der Waals surface area contributed by atoms with Crippen molar-refractivity contribution in [2.24, 2.45) is 5.92 Å². The molecule has 0 amide bonds. The molecule has 0 spiro atoms. The second-order valence-electron chi connectivity index (χ2n) is 12.7. The molecule has 2 aromatic rings. The van der Waals surface area contributed by atoms with Gasteiger partial charge in [0.2, 0.25) is 0 Å². The number of hydrogen-bond acceptors (Lipinski definition) is 2. The van der Waals surface area contributed by atoms with E-state index in [4.69, 9.17) is 9.47 Å². The number of ether oxygens (including phenoxy) is 2. The van der Waals surface area contributed by atoms with Crippen LogP contribution in [0.3, 0.4) is 0 Å². The maximum atomic E-state index is 15.2. The Balaban J connectivity index is 1.26. The van der Waals surface area contributed by atoms with Crippen LogP contribution in [0.2, 0.25) is 0 Å². The average molecular weight is 655 g/mol. The van der Waals surface area contributed by atoms with Gasteiger partial charge >= 0.3 is 6.11 Å². The van der Waals surface area contributed by atoms with Crippen LogP contribution in [0.5, 0.6) is 5.75 Å². The highest BCUT2D eigenvalue weighted by molar-refractivity contribution is 5.61. The SMILES string of the molecule is C=CCOc1c(F)cc(C2CCC(OC(F)(F)C3CCC(c4ccc(C(F)=C(F)CCCCCCC)cc4F)CC3)CC2)cc1F. The number of halogens is 7. The van der Waals surface area contributed by atoms with E-state index in [0.717, 1.165) is 31.7 Å². The van der Waals surface area contributed by atoms with Crippen LogP contribution >= 0.6 is 0 Å². The average Bonchev–Trinajstić information content (AvgIpc) is 3.04. The minimum Gasteiger partial charge on any atom is -0.483 e. The molecule has 2 nitrogen and oxygen atoms in total. The molecule has 0 aromatic heterocycles. The van der Waals surface area contributed by atoms with Crippen molar-refractivity contribution in [3.63, 3.8) is 0 Å². The Labute approximate surface area is 268 Å². The predicted molar refractivity (Wildman–Crippen MR) is 167 cm³/mol. The summed E-state index contributed by atoms with van der Waals surface area (Å²) in [6, 6.07) is 6.27. The summed E-state index contributed by atoms with van der Waals surface area (Å²) in [5, 5.41) is 0. The topological polar surface area (TPSA) is 18.5 Å². The van der Waals surface area contributed by atoms with E-state index in [1.54, 1.807) is 0 Å². The zero-order valence-electron chi connectivity index (χ0n) is 26.5. The van der Waals surface area contributed by atoms with E-state index in [1.165, 1.54) is 30.3 Å². The Kier molecular flexibility index (Phi) is 13.2. The maximum Gasteiger partial charge on any atom is 0.358 e. The number of allylic oxidation sites excluding steroid dienone is 1. The zero-order valence-corrected chi connectivity index (χ0v) is 26.5. The molecule has 0 bridgehead atoms. The van der Waals surface area contributed by atoms with Crippen molar-refractivity contribution in [1.82, 2.24) is 0 Å². The summed E-state index contributed by atoms with van der Waals surface area (Å²) in [6.07, 6.45) is 4.18. The Morgan fingerprint density at radius 2 is 1.46 bits per heavy atom. The van der Waals surface area contributed by atoms with Gasteiger partial charge in [-0.05, 0) is 98.9 Å². The molecule has 2 fully saturated rings. The summed E-state index contributed by atoms with van der Waals surface area (Å²) >= 11 is 0. The quantitative estimate of drug-likeness (QED) is 0.108. The minimum atomic E-state index is -3.37. The molecule has 0 aliphatic heterocycles. The molecule has 2 saturated carbocycles. The van der Waals surface area contributed by atoms with Gasteiger partial charge in [-0.3, -0.25) is 0 Å². The van der Waals surface area contributed by atoms with Crippen LogP contribution in [0.1, 0.15) is 125 Å². The molecule has 0 unspecified atom stereocenters. The summed E-state index contributed by atoms with van der Waals surface area (Å²) in [7, 11) is 0. The number of alkyl halides is 2. The van der Waals surface area contributed by atoms with Gasteiger partial charge in [-0.2, -0.15) is 8.78 Å². The van der Waals surface area contributed by atoms with Gasteiger partial charge in [0.1, 0.15) is 18.3 Å². The van der Waals surface area contributed by atoms with Crippen molar-refractivity contribution in [3.8, 4) is 5.75 Å². The molecule has 0 N–H and O–H groups in total. The van der Waals surface area contributed by atoms with Gasteiger partial charge in [0.15, 0.2) is 23.2 Å². The molecule has 0 saturated heterocycles. The second kappa shape index (κ2) is 16.8. The van der Waals surface area contributed by atoms with Gasteiger partial charge in [0.05, 0.1) is 12.0 Å². The van der Waals surface area contributed by atoms with E-state index < -0.39 is 53.0 Å². The van der Waals surface area contributed by atoms with Crippen LogP contribution in [0.4, 0.5) is 30.7 Å². The first kappa shape index (κ1) is 36.0. The van der Waals surface area contributed by atoms with Crippen LogP contribution in [-0.4, -0.2) is 18.8 Å². The van der Waals surface area contributed by atoms with Crippen molar-refractivity contribution in [3.05, 3.63) is 83.0 Å². The van der Waals surface area contributed by atoms with Crippen molar-refractivity contribution in [1.29, 1.82) is 0 Å². The third-order valence-corrected chi connectivity index (χ3v) is 9.47. The summed E-state index contributed by atoms with van der Waals surface area (Å²) in [6.45, 7) is 5.50. The summed E-state index contributed by atoms with van der Waals surface area (Å²) in [5.41, 5.74) is 0.637. The molecule has 2 aliphatic rings. The van der Waals surface area contributed by atoms with Crippen molar-refractivity contribution < 1.29 is 40.2 Å². The first-order chi connectivity index (χ1) is 22.0. The number of unbranched alkanes of at least 4 members (excludes halogenated alkanes) is 4. The van der Waals surface area contributed by atoms with Crippen molar-refractivity contribution >= 4 is 5.83 Å². The van der Waals surface area contributed by atoms with Gasteiger partial charge in [-0.1, -0.05) is 57.4 Å². The van der Waals surface area contributed by atoms with Crippen LogP contribution in [0.15, 0.2) is 48.8 Å². The highest BCUT2D eigenvalue weighted by atomic mass is 19.3. The number of rotatable bonds is 15. The molecule has 254 valence electrons. The predicted octanol–water partition coefficient (Wildman–Crippen LogP) is 12.2. The Morgan fingerprint density at radius 3 is 2.07 bits per heavy atom. The molecule has 4 rings (SSSR count). The fourth-order valence-electron chi connectivity index (χ4n) is 6.81. The molecular formula is C37H45F7O2. The molecule has 0 atom stereocenters. The third kappa shape index (κ3) is 9.39. The Bertz CT molecular complexity index is 1300. The smallest absolute Gasteiger partial charge is 0.358 e. The molecule has 9 heteroatoms. The monoisotopic (exact) mass is 654 g/mol. The first-order valence-electron chi connectivity index (χ1n) is 16.7. The van der Waals surface area contributed by atoms with Gasteiger partial charge < -0.3 is 9.47 Å².